The van der Waals surface area contributed by atoms with Crippen LogP contribution in [-0.4, -0.2) is 35.0 Å². The van der Waals surface area contributed by atoms with Gasteiger partial charge in [-0.3, -0.25) is 19.5 Å². The van der Waals surface area contributed by atoms with Crippen molar-refractivity contribution in [1.29, 1.82) is 0 Å². The predicted molar refractivity (Wildman–Crippen MR) is 143 cm³/mol. The minimum atomic E-state index is -0.868. The number of pyridine rings is 1. The van der Waals surface area contributed by atoms with Crippen molar-refractivity contribution in [2.45, 2.75) is 84.4 Å². The van der Waals surface area contributed by atoms with E-state index in [4.69, 9.17) is 4.74 Å². The van der Waals surface area contributed by atoms with E-state index in [0.717, 1.165) is 29.6 Å². The maximum Gasteiger partial charge on any atom is 0.255 e. The first-order valence-electron chi connectivity index (χ1n) is 12.8. The van der Waals surface area contributed by atoms with E-state index in [1.807, 2.05) is 45.9 Å². The molecule has 1 saturated heterocycles. The maximum absolute atomic E-state index is 14.5. The van der Waals surface area contributed by atoms with Gasteiger partial charge >= 0.3 is 0 Å². The number of hydrogen-bond donors (Lipinski definition) is 1. The number of nitrogens with zero attached hydrogens (tertiary/aromatic N) is 2. The summed E-state index contributed by atoms with van der Waals surface area (Å²) in [6, 6.07) is 10.8. The number of rotatable bonds is 5. The number of amides is 2. The molecule has 3 atom stereocenters. The number of anilines is 1. The van der Waals surface area contributed by atoms with Crippen molar-refractivity contribution in [3.05, 3.63) is 71.1 Å². The molecule has 192 valence electrons. The molecule has 6 nitrogen and oxygen atoms in total. The van der Waals surface area contributed by atoms with E-state index in [0.29, 0.717) is 17.9 Å². The Hall–Kier alpha value is -2.99. The van der Waals surface area contributed by atoms with Gasteiger partial charge < -0.3 is 10.1 Å². The summed E-state index contributed by atoms with van der Waals surface area (Å²) in [6.45, 7) is 15.0. The highest BCUT2D eigenvalue weighted by atomic mass is 16.5. The number of nitrogens with one attached hydrogen (secondary N) is 1. The highest BCUT2D eigenvalue weighted by molar-refractivity contribution is 6.10. The van der Waals surface area contributed by atoms with Crippen molar-refractivity contribution in [3.8, 4) is 0 Å². The zero-order valence-corrected chi connectivity index (χ0v) is 22.6. The fraction of sp³-hybridized carbons (Fsp3) is 0.500. The predicted octanol–water partition coefficient (Wildman–Crippen LogP) is 5.49. The van der Waals surface area contributed by atoms with Crippen molar-refractivity contribution in [3.63, 3.8) is 0 Å². The molecular formula is C30H39N3O3. The van der Waals surface area contributed by atoms with E-state index in [1.54, 1.807) is 23.4 Å². The van der Waals surface area contributed by atoms with Crippen LogP contribution in [0.3, 0.4) is 0 Å². The molecule has 0 radical (unpaired) electrons. The largest absolute Gasteiger partial charge is 0.377 e. The van der Waals surface area contributed by atoms with Crippen LogP contribution in [0.25, 0.3) is 0 Å². The Morgan fingerprint density at radius 3 is 2.36 bits per heavy atom. The second kappa shape index (κ2) is 9.81. The van der Waals surface area contributed by atoms with Gasteiger partial charge in [-0.2, -0.15) is 0 Å². The Kier molecular flexibility index (Phi) is 7.11. The molecule has 2 heterocycles. The lowest BCUT2D eigenvalue weighted by atomic mass is 9.87. The van der Waals surface area contributed by atoms with Crippen molar-refractivity contribution in [2.24, 2.45) is 5.92 Å². The standard InChI is InChI=1S/C30H39N3O3/c1-19-17-24-23(14-16-36-24)25(19)28(35)33(22-12-10-21(11-13-22)29(2,3)4)26(20-9-8-15-31-18-20)27(34)32-30(5,6)7/h8-13,15,18,23-24,26H,14,16-17H2,1-7H3,(H,32,34). The number of carbonyl (C=O) groups excluding carboxylic acids is 2. The van der Waals surface area contributed by atoms with Crippen LogP contribution >= 0.6 is 0 Å². The van der Waals surface area contributed by atoms with E-state index >= 15 is 0 Å². The number of carbonyl (C=O) groups is 2. The quantitative estimate of drug-likeness (QED) is 0.603. The van der Waals surface area contributed by atoms with Crippen molar-refractivity contribution in [1.82, 2.24) is 10.3 Å². The molecule has 1 aliphatic carbocycles. The summed E-state index contributed by atoms with van der Waals surface area (Å²) in [5.74, 6) is -0.305. The fourth-order valence-electron chi connectivity index (χ4n) is 5.28. The minimum Gasteiger partial charge on any atom is -0.377 e. The molecule has 1 aliphatic heterocycles. The molecule has 1 aromatic heterocycles. The average Bonchev–Trinajstić information content (AvgIpc) is 3.35. The molecule has 0 spiro atoms. The van der Waals surface area contributed by atoms with Gasteiger partial charge in [-0.15, -0.1) is 0 Å². The molecular weight excluding hydrogens is 450 g/mol. The summed E-state index contributed by atoms with van der Waals surface area (Å²) < 4.78 is 5.92. The lowest BCUT2D eigenvalue weighted by Gasteiger charge is -2.35. The second-order valence-electron chi connectivity index (χ2n) is 12.1. The van der Waals surface area contributed by atoms with Gasteiger partial charge in [-0.05, 0) is 69.7 Å². The molecule has 0 saturated carbocycles. The van der Waals surface area contributed by atoms with E-state index in [9.17, 15) is 9.59 Å². The summed E-state index contributed by atoms with van der Waals surface area (Å²) in [5.41, 5.74) is 3.86. The second-order valence-corrected chi connectivity index (χ2v) is 12.1. The van der Waals surface area contributed by atoms with Crippen LogP contribution in [0.5, 0.6) is 0 Å². The van der Waals surface area contributed by atoms with Crippen LogP contribution in [0.1, 0.15) is 78.5 Å². The summed E-state index contributed by atoms with van der Waals surface area (Å²) in [6.07, 6.45) is 4.99. The van der Waals surface area contributed by atoms with Crippen LogP contribution in [0.2, 0.25) is 0 Å². The van der Waals surface area contributed by atoms with Gasteiger partial charge in [-0.1, -0.05) is 44.5 Å². The smallest absolute Gasteiger partial charge is 0.255 e. The van der Waals surface area contributed by atoms with Gasteiger partial charge in [0.05, 0.1) is 6.10 Å². The van der Waals surface area contributed by atoms with E-state index in [1.165, 1.54) is 0 Å². The molecule has 1 aromatic carbocycles. The Balaban J connectivity index is 1.86. The van der Waals surface area contributed by atoms with Crippen LogP contribution in [0.15, 0.2) is 59.9 Å². The van der Waals surface area contributed by atoms with Gasteiger partial charge in [0, 0.05) is 47.3 Å². The minimum absolute atomic E-state index is 0.0291. The molecule has 0 bridgehead atoms. The van der Waals surface area contributed by atoms with E-state index in [2.05, 4.69) is 43.2 Å². The highest BCUT2D eigenvalue weighted by Crippen LogP contribution is 2.43. The Morgan fingerprint density at radius 2 is 1.78 bits per heavy atom. The molecule has 2 aromatic rings. The Morgan fingerprint density at radius 1 is 1.08 bits per heavy atom. The molecule has 36 heavy (non-hydrogen) atoms. The number of fused-ring (bicyclic) bond motifs is 1. The van der Waals surface area contributed by atoms with Crippen molar-refractivity contribution < 1.29 is 14.3 Å². The third kappa shape index (κ3) is 5.39. The number of ether oxygens (including phenoxy) is 1. The molecule has 3 unspecified atom stereocenters. The third-order valence-electron chi connectivity index (χ3n) is 7.01. The topological polar surface area (TPSA) is 71.5 Å². The lowest BCUT2D eigenvalue weighted by Crippen LogP contribution is -2.50. The fourth-order valence-corrected chi connectivity index (χ4v) is 5.28. The van der Waals surface area contributed by atoms with Gasteiger partial charge in [0.15, 0.2) is 0 Å². The molecule has 2 aliphatic rings. The monoisotopic (exact) mass is 489 g/mol. The molecule has 1 N–H and O–H groups in total. The highest BCUT2D eigenvalue weighted by Gasteiger charge is 2.44. The van der Waals surface area contributed by atoms with E-state index in [-0.39, 0.29) is 29.3 Å². The zero-order chi connectivity index (χ0) is 26.3. The summed E-state index contributed by atoms with van der Waals surface area (Å²) in [7, 11) is 0. The van der Waals surface area contributed by atoms with E-state index < -0.39 is 11.6 Å². The normalized spacial score (nSPS) is 20.8. The first-order chi connectivity index (χ1) is 16.9. The molecule has 2 amide bonds. The van der Waals surface area contributed by atoms with Crippen LogP contribution in [-0.2, 0) is 19.7 Å². The zero-order valence-electron chi connectivity index (χ0n) is 22.6. The summed E-state index contributed by atoms with van der Waals surface area (Å²) in [5, 5.41) is 3.11. The maximum atomic E-state index is 14.5. The first kappa shape index (κ1) is 26.1. The van der Waals surface area contributed by atoms with Crippen LogP contribution in [0.4, 0.5) is 5.69 Å². The molecule has 1 fully saturated rings. The van der Waals surface area contributed by atoms with Crippen LogP contribution in [0, 0.1) is 5.92 Å². The van der Waals surface area contributed by atoms with Gasteiger partial charge in [0.1, 0.15) is 6.04 Å². The molecule has 4 rings (SSSR count). The SMILES string of the molecule is CC1=C(C(=O)N(c2ccc(C(C)(C)C)cc2)C(C(=O)NC(C)(C)C)c2cccnc2)C2CCOC2C1. The summed E-state index contributed by atoms with van der Waals surface area (Å²) >= 11 is 0. The first-order valence-corrected chi connectivity index (χ1v) is 12.8. The third-order valence-corrected chi connectivity index (χ3v) is 7.01. The number of aromatic nitrogens is 1. The van der Waals surface area contributed by atoms with Gasteiger partial charge in [0.25, 0.3) is 5.91 Å². The lowest BCUT2D eigenvalue weighted by molar-refractivity contribution is -0.126. The van der Waals surface area contributed by atoms with Crippen molar-refractivity contribution in [2.75, 3.05) is 11.5 Å². The number of hydrogen-bond acceptors (Lipinski definition) is 4. The van der Waals surface area contributed by atoms with Gasteiger partial charge in [-0.25, -0.2) is 0 Å². The van der Waals surface area contributed by atoms with Gasteiger partial charge in [0.2, 0.25) is 5.91 Å². The molecule has 6 heteroatoms. The van der Waals surface area contributed by atoms with Crippen LogP contribution < -0.4 is 10.2 Å². The number of benzene rings is 1. The Bertz CT molecular complexity index is 1140. The van der Waals surface area contributed by atoms with Crippen molar-refractivity contribution >= 4 is 17.5 Å². The average molecular weight is 490 g/mol. The Labute approximate surface area is 215 Å². The summed E-state index contributed by atoms with van der Waals surface area (Å²) in [4.78, 5) is 34.3.